The lowest BCUT2D eigenvalue weighted by atomic mass is 10.1. The molecule has 0 aromatic heterocycles. The Hall–Kier alpha value is -1.75. The minimum Gasteiger partial charge on any atom is -0.489 e. The molecular weight excluding hydrogens is 371 g/mol. The zero-order chi connectivity index (χ0) is 17.6. The molecule has 1 unspecified atom stereocenters. The van der Waals surface area contributed by atoms with Gasteiger partial charge in [-0.3, -0.25) is 4.79 Å². The van der Waals surface area contributed by atoms with Crippen LogP contribution in [0.2, 0.25) is 5.02 Å². The van der Waals surface area contributed by atoms with Gasteiger partial charge in [0, 0.05) is 24.2 Å². The fourth-order valence-corrected chi connectivity index (χ4v) is 3.30. The molecule has 4 nitrogen and oxygen atoms in total. The molecule has 1 aliphatic rings. The molecule has 0 spiro atoms. The van der Waals surface area contributed by atoms with Crippen LogP contribution in [0.5, 0.6) is 5.75 Å². The molecule has 140 valence electrons. The molecule has 1 fully saturated rings. The number of nitrogens with two attached hydrogens (primary N) is 1. The third-order valence-corrected chi connectivity index (χ3v) is 4.79. The summed E-state index contributed by atoms with van der Waals surface area (Å²) in [5.41, 5.74) is 7.77. The van der Waals surface area contributed by atoms with Crippen molar-refractivity contribution < 1.29 is 9.53 Å². The van der Waals surface area contributed by atoms with Crippen LogP contribution >= 0.6 is 24.0 Å². The number of likely N-dealkylation sites (tertiary alicyclic amines) is 1. The van der Waals surface area contributed by atoms with Gasteiger partial charge in [-0.2, -0.15) is 0 Å². The van der Waals surface area contributed by atoms with Gasteiger partial charge < -0.3 is 15.4 Å². The minimum atomic E-state index is 0. The van der Waals surface area contributed by atoms with Gasteiger partial charge in [-0.25, -0.2) is 0 Å². The van der Waals surface area contributed by atoms with Crippen LogP contribution in [0.15, 0.2) is 48.5 Å². The van der Waals surface area contributed by atoms with Crippen LogP contribution in [0.3, 0.4) is 0 Å². The van der Waals surface area contributed by atoms with E-state index in [9.17, 15) is 4.79 Å². The summed E-state index contributed by atoms with van der Waals surface area (Å²) in [6, 6.07) is 15.5. The van der Waals surface area contributed by atoms with Crippen LogP contribution in [0.25, 0.3) is 0 Å². The van der Waals surface area contributed by atoms with Gasteiger partial charge in [0.25, 0.3) is 0 Å². The van der Waals surface area contributed by atoms with Crippen LogP contribution in [-0.4, -0.2) is 29.9 Å². The molecule has 2 aromatic carbocycles. The second-order valence-corrected chi connectivity index (χ2v) is 6.79. The third kappa shape index (κ3) is 5.37. The first kappa shape index (κ1) is 20.6. The summed E-state index contributed by atoms with van der Waals surface area (Å²) in [4.78, 5) is 14.4. The lowest BCUT2D eigenvalue weighted by Crippen LogP contribution is -2.40. The summed E-state index contributed by atoms with van der Waals surface area (Å²) in [5.74, 6) is 0.903. The standard InChI is InChI=1S/C20H23ClN2O2.ClH/c21-17-8-6-15(7-9-17)14-25-19-5-1-3-16(11-19)12-20(24)23-10-2-4-18(23)13-22;/h1,3,5-9,11,18H,2,4,10,12-14,22H2;1H. The van der Waals surface area contributed by atoms with Crippen molar-refractivity contribution >= 4 is 29.9 Å². The summed E-state index contributed by atoms with van der Waals surface area (Å²) in [6.07, 6.45) is 2.43. The molecule has 1 heterocycles. The Labute approximate surface area is 165 Å². The molecular formula is C20H24Cl2N2O2. The maximum atomic E-state index is 12.5. The van der Waals surface area contributed by atoms with Gasteiger partial charge in [0.2, 0.25) is 5.91 Å². The van der Waals surface area contributed by atoms with E-state index in [1.54, 1.807) is 0 Å². The lowest BCUT2D eigenvalue weighted by molar-refractivity contribution is -0.131. The summed E-state index contributed by atoms with van der Waals surface area (Å²) in [6.45, 7) is 1.82. The van der Waals surface area contributed by atoms with Crippen molar-refractivity contribution in [2.45, 2.75) is 31.9 Å². The average molecular weight is 395 g/mol. The number of benzene rings is 2. The first-order valence-corrected chi connectivity index (χ1v) is 8.99. The van der Waals surface area contributed by atoms with Gasteiger partial charge in [0.15, 0.2) is 0 Å². The highest BCUT2D eigenvalue weighted by Gasteiger charge is 2.27. The highest BCUT2D eigenvalue weighted by atomic mass is 35.5. The molecule has 0 aliphatic carbocycles. The Morgan fingerprint density at radius 2 is 1.96 bits per heavy atom. The molecule has 1 saturated heterocycles. The van der Waals surface area contributed by atoms with E-state index in [-0.39, 0.29) is 24.4 Å². The van der Waals surface area contributed by atoms with Crippen LogP contribution < -0.4 is 10.5 Å². The van der Waals surface area contributed by atoms with E-state index in [0.29, 0.717) is 24.6 Å². The van der Waals surface area contributed by atoms with Gasteiger partial charge in [-0.15, -0.1) is 12.4 Å². The van der Waals surface area contributed by atoms with Crippen molar-refractivity contribution in [1.29, 1.82) is 0 Å². The highest BCUT2D eigenvalue weighted by Crippen LogP contribution is 2.20. The van der Waals surface area contributed by atoms with E-state index in [1.165, 1.54) is 0 Å². The molecule has 0 radical (unpaired) electrons. The zero-order valence-corrected chi connectivity index (χ0v) is 16.1. The summed E-state index contributed by atoms with van der Waals surface area (Å²) >= 11 is 5.89. The van der Waals surface area contributed by atoms with Crippen molar-refractivity contribution in [2.24, 2.45) is 5.73 Å². The number of ether oxygens (including phenoxy) is 1. The Balaban J connectivity index is 0.00000243. The molecule has 1 aliphatic heterocycles. The van der Waals surface area contributed by atoms with E-state index < -0.39 is 0 Å². The Kier molecular flexibility index (Phi) is 7.76. The van der Waals surface area contributed by atoms with E-state index >= 15 is 0 Å². The SMILES string of the molecule is Cl.NCC1CCCN1C(=O)Cc1cccc(OCc2ccc(Cl)cc2)c1. The first-order valence-electron chi connectivity index (χ1n) is 8.61. The molecule has 3 rings (SSSR count). The predicted molar refractivity (Wildman–Crippen MR) is 107 cm³/mol. The predicted octanol–water partition coefficient (Wildman–Crippen LogP) is 3.83. The monoisotopic (exact) mass is 394 g/mol. The molecule has 2 aromatic rings. The number of amides is 1. The quantitative estimate of drug-likeness (QED) is 0.809. The van der Waals surface area contributed by atoms with E-state index in [1.807, 2.05) is 53.4 Å². The van der Waals surface area contributed by atoms with E-state index in [2.05, 4.69) is 0 Å². The number of hydrogen-bond acceptors (Lipinski definition) is 3. The second-order valence-electron chi connectivity index (χ2n) is 6.36. The topological polar surface area (TPSA) is 55.6 Å². The largest absolute Gasteiger partial charge is 0.489 e. The third-order valence-electron chi connectivity index (χ3n) is 4.54. The van der Waals surface area contributed by atoms with Crippen molar-refractivity contribution in [3.05, 3.63) is 64.7 Å². The van der Waals surface area contributed by atoms with E-state index in [4.69, 9.17) is 22.1 Å². The fraction of sp³-hybridized carbons (Fsp3) is 0.350. The number of carbonyl (C=O) groups excluding carboxylic acids is 1. The summed E-state index contributed by atoms with van der Waals surface area (Å²) in [5, 5.41) is 0.710. The summed E-state index contributed by atoms with van der Waals surface area (Å²) in [7, 11) is 0. The van der Waals surface area contributed by atoms with Gasteiger partial charge in [-0.1, -0.05) is 35.9 Å². The fourth-order valence-electron chi connectivity index (χ4n) is 3.18. The lowest BCUT2D eigenvalue weighted by Gasteiger charge is -2.23. The summed E-state index contributed by atoms with van der Waals surface area (Å²) < 4.78 is 5.83. The number of rotatable bonds is 6. The molecule has 0 bridgehead atoms. The normalized spacial score (nSPS) is 16.2. The molecule has 1 amide bonds. The minimum absolute atomic E-state index is 0. The molecule has 26 heavy (non-hydrogen) atoms. The molecule has 6 heteroatoms. The molecule has 1 atom stereocenters. The van der Waals surface area contributed by atoms with Crippen molar-refractivity contribution in [1.82, 2.24) is 4.90 Å². The van der Waals surface area contributed by atoms with Gasteiger partial charge in [-0.05, 0) is 48.2 Å². The maximum absolute atomic E-state index is 12.5. The van der Waals surface area contributed by atoms with E-state index in [0.717, 1.165) is 36.3 Å². The Morgan fingerprint density at radius 1 is 1.19 bits per heavy atom. The van der Waals surface area contributed by atoms with Crippen molar-refractivity contribution in [3.63, 3.8) is 0 Å². The van der Waals surface area contributed by atoms with Crippen LogP contribution in [-0.2, 0) is 17.8 Å². The first-order chi connectivity index (χ1) is 12.2. The highest BCUT2D eigenvalue weighted by molar-refractivity contribution is 6.30. The Bertz CT molecular complexity index is 722. The zero-order valence-electron chi connectivity index (χ0n) is 14.6. The molecule has 2 N–H and O–H groups in total. The van der Waals surface area contributed by atoms with Gasteiger partial charge in [0.1, 0.15) is 12.4 Å². The van der Waals surface area contributed by atoms with Crippen LogP contribution in [0, 0.1) is 0 Å². The van der Waals surface area contributed by atoms with Gasteiger partial charge >= 0.3 is 0 Å². The molecule has 0 saturated carbocycles. The number of hydrogen-bond donors (Lipinski definition) is 1. The average Bonchev–Trinajstić information content (AvgIpc) is 3.10. The van der Waals surface area contributed by atoms with Crippen molar-refractivity contribution in [2.75, 3.05) is 13.1 Å². The number of nitrogens with zero attached hydrogens (tertiary/aromatic N) is 1. The van der Waals surface area contributed by atoms with Gasteiger partial charge in [0.05, 0.1) is 6.42 Å². The smallest absolute Gasteiger partial charge is 0.227 e. The van der Waals surface area contributed by atoms with Crippen molar-refractivity contribution in [3.8, 4) is 5.75 Å². The Morgan fingerprint density at radius 3 is 2.69 bits per heavy atom. The second kappa shape index (κ2) is 9.81. The maximum Gasteiger partial charge on any atom is 0.227 e. The van der Waals surface area contributed by atoms with Crippen LogP contribution in [0.1, 0.15) is 24.0 Å². The van der Waals surface area contributed by atoms with Crippen LogP contribution in [0.4, 0.5) is 0 Å². The number of carbonyl (C=O) groups is 1. The number of halogens is 2.